The summed E-state index contributed by atoms with van der Waals surface area (Å²) >= 11 is 6.10. The highest BCUT2D eigenvalue weighted by atomic mass is 35.5. The van der Waals surface area contributed by atoms with Crippen LogP contribution in [-0.4, -0.2) is 29.8 Å². The van der Waals surface area contributed by atoms with Gasteiger partial charge < -0.3 is 10.2 Å². The Balaban J connectivity index is 1.61. The van der Waals surface area contributed by atoms with Gasteiger partial charge in [0.05, 0.1) is 11.5 Å². The Bertz CT molecular complexity index is 812. The Morgan fingerprint density at radius 2 is 1.88 bits per heavy atom. The molecule has 1 N–H and O–H groups in total. The summed E-state index contributed by atoms with van der Waals surface area (Å²) in [4.78, 5) is 26.6. The monoisotopic (exact) mass is 374 g/mol. The van der Waals surface area contributed by atoms with Crippen LogP contribution in [0.1, 0.15) is 28.8 Å². The summed E-state index contributed by atoms with van der Waals surface area (Å²) in [6, 6.07) is 13.3. The van der Waals surface area contributed by atoms with Crippen LogP contribution in [0.25, 0.3) is 0 Å². The summed E-state index contributed by atoms with van der Waals surface area (Å²) in [5.74, 6) is -1.33. The molecule has 1 heterocycles. The number of likely N-dealkylation sites (tertiary alicyclic amines) is 1. The quantitative estimate of drug-likeness (QED) is 0.888. The molecule has 0 saturated carbocycles. The smallest absolute Gasteiger partial charge is 0.256 e. The van der Waals surface area contributed by atoms with Gasteiger partial charge in [0.2, 0.25) is 5.91 Å². The fraction of sp³-hybridized carbons (Fsp3) is 0.300. The van der Waals surface area contributed by atoms with Gasteiger partial charge in [-0.3, -0.25) is 9.59 Å². The zero-order valence-corrected chi connectivity index (χ0v) is 15.0. The van der Waals surface area contributed by atoms with Crippen molar-refractivity contribution < 1.29 is 14.0 Å². The van der Waals surface area contributed by atoms with Gasteiger partial charge in [-0.1, -0.05) is 41.9 Å². The van der Waals surface area contributed by atoms with E-state index in [4.69, 9.17) is 11.6 Å². The van der Waals surface area contributed by atoms with Crippen molar-refractivity contribution in [2.24, 2.45) is 5.92 Å². The van der Waals surface area contributed by atoms with Crippen molar-refractivity contribution in [1.29, 1.82) is 0 Å². The van der Waals surface area contributed by atoms with Gasteiger partial charge in [-0.2, -0.15) is 0 Å². The molecule has 6 heteroatoms. The van der Waals surface area contributed by atoms with Gasteiger partial charge in [-0.25, -0.2) is 4.39 Å². The normalized spacial score (nSPS) is 17.0. The van der Waals surface area contributed by atoms with Gasteiger partial charge in [-0.15, -0.1) is 0 Å². The molecule has 1 aliphatic heterocycles. The van der Waals surface area contributed by atoms with Crippen LogP contribution < -0.4 is 5.32 Å². The first-order valence-corrected chi connectivity index (χ1v) is 8.99. The maximum absolute atomic E-state index is 13.9. The van der Waals surface area contributed by atoms with Crippen molar-refractivity contribution >= 4 is 23.4 Å². The number of halogens is 2. The minimum Gasteiger partial charge on any atom is -0.352 e. The maximum Gasteiger partial charge on any atom is 0.256 e. The Kier molecular flexibility index (Phi) is 5.89. The fourth-order valence-electron chi connectivity index (χ4n) is 3.15. The van der Waals surface area contributed by atoms with Gasteiger partial charge in [0.15, 0.2) is 0 Å². The average Bonchev–Trinajstić information content (AvgIpc) is 2.67. The van der Waals surface area contributed by atoms with E-state index in [2.05, 4.69) is 5.32 Å². The summed E-state index contributed by atoms with van der Waals surface area (Å²) in [5.41, 5.74) is 0.891. The predicted molar refractivity (Wildman–Crippen MR) is 98.3 cm³/mol. The largest absolute Gasteiger partial charge is 0.352 e. The van der Waals surface area contributed by atoms with E-state index in [1.54, 1.807) is 23.1 Å². The highest BCUT2D eigenvalue weighted by molar-refractivity contribution is 6.31. The van der Waals surface area contributed by atoms with Gasteiger partial charge in [0, 0.05) is 24.7 Å². The van der Waals surface area contributed by atoms with Crippen LogP contribution in [0.15, 0.2) is 48.5 Å². The lowest BCUT2D eigenvalue weighted by Gasteiger charge is -2.32. The molecule has 0 aliphatic carbocycles. The third-order valence-corrected chi connectivity index (χ3v) is 4.96. The summed E-state index contributed by atoms with van der Waals surface area (Å²) in [7, 11) is 0. The number of piperidine rings is 1. The van der Waals surface area contributed by atoms with Crippen molar-refractivity contribution in [1.82, 2.24) is 10.2 Å². The number of nitrogens with one attached hydrogen (secondary N) is 1. The first-order valence-electron chi connectivity index (χ1n) is 8.61. The standard InChI is InChI=1S/C20H20ClFN2O2/c21-17-9-3-1-6-14(17)12-23-19(25)15-7-5-11-24(13-15)20(26)16-8-2-4-10-18(16)22/h1-4,6,8-10,15H,5,7,11-13H2,(H,23,25). The fourth-order valence-corrected chi connectivity index (χ4v) is 3.35. The van der Waals surface area contributed by atoms with E-state index < -0.39 is 5.82 Å². The lowest BCUT2D eigenvalue weighted by molar-refractivity contribution is -0.126. The van der Waals surface area contributed by atoms with E-state index in [1.165, 1.54) is 12.1 Å². The second-order valence-electron chi connectivity index (χ2n) is 6.38. The minimum absolute atomic E-state index is 0.0459. The average molecular weight is 375 g/mol. The van der Waals surface area contributed by atoms with Crippen molar-refractivity contribution in [3.05, 3.63) is 70.5 Å². The van der Waals surface area contributed by atoms with Crippen LogP contribution in [0.3, 0.4) is 0 Å². The number of carbonyl (C=O) groups excluding carboxylic acids is 2. The molecule has 136 valence electrons. The molecule has 1 aliphatic rings. The molecule has 4 nitrogen and oxygen atoms in total. The van der Waals surface area contributed by atoms with Crippen LogP contribution in [0.2, 0.25) is 5.02 Å². The molecule has 1 atom stereocenters. The second-order valence-corrected chi connectivity index (χ2v) is 6.79. The molecule has 26 heavy (non-hydrogen) atoms. The van der Waals surface area contributed by atoms with Gasteiger partial charge >= 0.3 is 0 Å². The molecule has 3 rings (SSSR count). The Morgan fingerprint density at radius 1 is 1.15 bits per heavy atom. The third-order valence-electron chi connectivity index (χ3n) is 4.59. The van der Waals surface area contributed by atoms with E-state index in [0.29, 0.717) is 37.5 Å². The van der Waals surface area contributed by atoms with Crippen LogP contribution in [0, 0.1) is 11.7 Å². The number of rotatable bonds is 4. The Labute approximate surface area is 157 Å². The van der Waals surface area contributed by atoms with Crippen LogP contribution in [0.5, 0.6) is 0 Å². The lowest BCUT2D eigenvalue weighted by atomic mass is 9.96. The summed E-state index contributed by atoms with van der Waals surface area (Å²) in [6.45, 7) is 1.17. The van der Waals surface area contributed by atoms with E-state index in [0.717, 1.165) is 5.56 Å². The molecule has 2 aromatic rings. The zero-order chi connectivity index (χ0) is 18.5. The minimum atomic E-state index is -0.539. The molecule has 0 radical (unpaired) electrons. The van der Waals surface area contributed by atoms with E-state index in [9.17, 15) is 14.0 Å². The van der Waals surface area contributed by atoms with E-state index in [-0.39, 0.29) is 23.3 Å². The van der Waals surface area contributed by atoms with E-state index in [1.807, 2.05) is 18.2 Å². The highest BCUT2D eigenvalue weighted by Crippen LogP contribution is 2.21. The van der Waals surface area contributed by atoms with Crippen LogP contribution in [0.4, 0.5) is 4.39 Å². The molecular formula is C20H20ClFN2O2. The first-order chi connectivity index (χ1) is 12.6. The van der Waals surface area contributed by atoms with Gasteiger partial charge in [0.1, 0.15) is 5.82 Å². The van der Waals surface area contributed by atoms with Crippen molar-refractivity contribution in [2.45, 2.75) is 19.4 Å². The molecule has 0 aromatic heterocycles. The number of hydrogen-bond donors (Lipinski definition) is 1. The van der Waals surface area contributed by atoms with Crippen molar-refractivity contribution in [3.63, 3.8) is 0 Å². The van der Waals surface area contributed by atoms with Crippen molar-refractivity contribution in [2.75, 3.05) is 13.1 Å². The molecule has 0 bridgehead atoms. The lowest BCUT2D eigenvalue weighted by Crippen LogP contribution is -2.45. The number of benzene rings is 2. The Morgan fingerprint density at radius 3 is 2.65 bits per heavy atom. The summed E-state index contributed by atoms with van der Waals surface area (Å²) < 4.78 is 13.9. The van der Waals surface area contributed by atoms with Crippen molar-refractivity contribution in [3.8, 4) is 0 Å². The molecular weight excluding hydrogens is 355 g/mol. The maximum atomic E-state index is 13.9. The number of carbonyl (C=O) groups is 2. The molecule has 1 saturated heterocycles. The first kappa shape index (κ1) is 18.4. The summed E-state index contributed by atoms with van der Waals surface area (Å²) in [6.07, 6.45) is 1.42. The highest BCUT2D eigenvalue weighted by Gasteiger charge is 2.29. The molecule has 2 aromatic carbocycles. The van der Waals surface area contributed by atoms with E-state index >= 15 is 0 Å². The topological polar surface area (TPSA) is 49.4 Å². The summed E-state index contributed by atoms with van der Waals surface area (Å²) in [5, 5.41) is 3.49. The molecule has 1 unspecified atom stereocenters. The SMILES string of the molecule is O=C(NCc1ccccc1Cl)C1CCCN(C(=O)c2ccccc2F)C1. The van der Waals surface area contributed by atoms with Crippen LogP contribution in [-0.2, 0) is 11.3 Å². The number of hydrogen-bond acceptors (Lipinski definition) is 2. The van der Waals surface area contributed by atoms with Gasteiger partial charge in [-0.05, 0) is 36.6 Å². The number of amides is 2. The van der Waals surface area contributed by atoms with Crippen LogP contribution >= 0.6 is 11.6 Å². The second kappa shape index (κ2) is 8.32. The molecule has 2 amide bonds. The predicted octanol–water partition coefficient (Wildman–Crippen LogP) is 3.65. The zero-order valence-electron chi connectivity index (χ0n) is 14.3. The number of nitrogens with zero attached hydrogens (tertiary/aromatic N) is 1. The molecule has 0 spiro atoms. The Hall–Kier alpha value is -2.40. The molecule has 1 fully saturated rings. The third kappa shape index (κ3) is 4.22. The van der Waals surface area contributed by atoms with Gasteiger partial charge in [0.25, 0.3) is 5.91 Å².